The van der Waals surface area contributed by atoms with Crippen LogP contribution in [-0.2, 0) is 6.42 Å². The van der Waals surface area contributed by atoms with Crippen molar-refractivity contribution < 1.29 is 4.79 Å². The summed E-state index contributed by atoms with van der Waals surface area (Å²) in [5.41, 5.74) is 7.64. The van der Waals surface area contributed by atoms with Crippen molar-refractivity contribution in [2.24, 2.45) is 5.92 Å². The van der Waals surface area contributed by atoms with E-state index >= 15 is 0 Å². The zero-order valence-electron chi connectivity index (χ0n) is 11.1. The second-order valence-electron chi connectivity index (χ2n) is 5.08. The largest absolute Gasteiger partial charge is 0.395 e. The van der Waals surface area contributed by atoms with Crippen molar-refractivity contribution >= 4 is 11.6 Å². The predicted molar refractivity (Wildman–Crippen MR) is 71.3 cm³/mol. The Bertz CT molecular complexity index is 427. The number of aromatic nitrogens is 2. The molecule has 5 nitrogen and oxygen atoms in total. The summed E-state index contributed by atoms with van der Waals surface area (Å²) in [6.07, 6.45) is 5.25. The van der Waals surface area contributed by atoms with E-state index in [1.165, 1.54) is 12.8 Å². The van der Waals surface area contributed by atoms with Crippen LogP contribution in [-0.4, -0.2) is 22.1 Å². The number of nitrogens with two attached hydrogens (primary N) is 1. The smallest absolute Gasteiger partial charge is 0.274 e. The van der Waals surface area contributed by atoms with Crippen molar-refractivity contribution in [2.75, 3.05) is 5.73 Å². The fourth-order valence-electron chi connectivity index (χ4n) is 2.35. The Morgan fingerprint density at radius 3 is 2.94 bits per heavy atom. The van der Waals surface area contributed by atoms with Crippen LogP contribution in [0.25, 0.3) is 0 Å². The summed E-state index contributed by atoms with van der Waals surface area (Å²) in [6.45, 7) is 4.24. The lowest BCUT2D eigenvalue weighted by Crippen LogP contribution is -2.27. The molecule has 0 radical (unpaired) electrons. The van der Waals surface area contributed by atoms with Gasteiger partial charge in [-0.25, -0.2) is 0 Å². The Morgan fingerprint density at radius 2 is 2.28 bits per heavy atom. The number of nitrogens with zero attached hydrogens (tertiary/aromatic N) is 1. The van der Waals surface area contributed by atoms with Gasteiger partial charge in [-0.1, -0.05) is 26.7 Å². The van der Waals surface area contributed by atoms with Gasteiger partial charge in [0.2, 0.25) is 0 Å². The minimum absolute atomic E-state index is 0.144. The zero-order chi connectivity index (χ0) is 13.1. The standard InChI is InChI=1S/C13H22N4O/c1-3-5-8-7-10(8)15-13(18)12-11(14)9(6-4-2)16-17-12/h8,10H,3-7,14H2,1-2H3,(H,15,18)(H,16,17). The Morgan fingerprint density at radius 1 is 1.50 bits per heavy atom. The van der Waals surface area contributed by atoms with E-state index in [0.717, 1.165) is 25.0 Å². The molecular weight excluding hydrogens is 228 g/mol. The second-order valence-corrected chi connectivity index (χ2v) is 5.08. The van der Waals surface area contributed by atoms with Gasteiger partial charge in [-0.2, -0.15) is 5.10 Å². The van der Waals surface area contributed by atoms with Crippen molar-refractivity contribution in [1.82, 2.24) is 15.5 Å². The van der Waals surface area contributed by atoms with Gasteiger partial charge in [-0.15, -0.1) is 0 Å². The minimum atomic E-state index is -0.144. The third-order valence-electron chi connectivity index (χ3n) is 3.50. The molecule has 0 bridgehead atoms. The highest BCUT2D eigenvalue weighted by Crippen LogP contribution is 2.34. The summed E-state index contributed by atoms with van der Waals surface area (Å²) in [5.74, 6) is 0.504. The molecule has 1 heterocycles. The van der Waals surface area contributed by atoms with Crippen molar-refractivity contribution in [1.29, 1.82) is 0 Å². The van der Waals surface area contributed by atoms with E-state index in [-0.39, 0.29) is 5.91 Å². The van der Waals surface area contributed by atoms with Crippen LogP contribution >= 0.6 is 0 Å². The zero-order valence-corrected chi connectivity index (χ0v) is 11.1. The van der Waals surface area contributed by atoms with E-state index < -0.39 is 0 Å². The van der Waals surface area contributed by atoms with Gasteiger partial charge in [0.05, 0.1) is 11.4 Å². The topological polar surface area (TPSA) is 83.8 Å². The molecule has 0 spiro atoms. The number of anilines is 1. The molecule has 2 unspecified atom stereocenters. The molecule has 1 aromatic heterocycles. The molecule has 1 fully saturated rings. The monoisotopic (exact) mass is 250 g/mol. The van der Waals surface area contributed by atoms with Gasteiger partial charge >= 0.3 is 0 Å². The highest BCUT2D eigenvalue weighted by Gasteiger charge is 2.37. The lowest BCUT2D eigenvalue weighted by atomic mass is 10.2. The van der Waals surface area contributed by atoms with Gasteiger partial charge < -0.3 is 11.1 Å². The highest BCUT2D eigenvalue weighted by molar-refractivity contribution is 5.97. The maximum Gasteiger partial charge on any atom is 0.274 e. The molecule has 2 rings (SSSR count). The van der Waals surface area contributed by atoms with E-state index in [1.807, 2.05) is 0 Å². The normalized spacial score (nSPS) is 21.9. The number of amides is 1. The van der Waals surface area contributed by atoms with E-state index in [9.17, 15) is 4.79 Å². The molecule has 100 valence electrons. The second kappa shape index (κ2) is 5.42. The molecule has 0 saturated heterocycles. The van der Waals surface area contributed by atoms with Crippen LogP contribution in [0, 0.1) is 5.92 Å². The van der Waals surface area contributed by atoms with Crippen LogP contribution < -0.4 is 11.1 Å². The number of nitrogens with one attached hydrogen (secondary N) is 2. The Balaban J connectivity index is 1.93. The molecule has 1 saturated carbocycles. The van der Waals surface area contributed by atoms with E-state index in [0.29, 0.717) is 23.3 Å². The number of aromatic amines is 1. The third kappa shape index (κ3) is 2.66. The van der Waals surface area contributed by atoms with Crippen molar-refractivity contribution in [3.05, 3.63) is 11.4 Å². The van der Waals surface area contributed by atoms with Crippen LogP contribution in [0.1, 0.15) is 55.7 Å². The first-order valence-electron chi connectivity index (χ1n) is 6.80. The molecule has 2 atom stereocenters. The summed E-state index contributed by atoms with van der Waals surface area (Å²) in [5, 5.41) is 9.87. The molecule has 0 aliphatic heterocycles. The van der Waals surface area contributed by atoms with Crippen LogP contribution in [0.3, 0.4) is 0 Å². The Kier molecular flexibility index (Phi) is 3.89. The quantitative estimate of drug-likeness (QED) is 0.720. The number of aryl methyl sites for hydroxylation is 1. The number of carbonyl (C=O) groups is 1. The van der Waals surface area contributed by atoms with E-state index in [1.54, 1.807) is 0 Å². The first-order chi connectivity index (χ1) is 8.67. The molecule has 1 aliphatic carbocycles. The molecule has 0 aromatic carbocycles. The van der Waals surface area contributed by atoms with Gasteiger partial charge in [0.25, 0.3) is 5.91 Å². The van der Waals surface area contributed by atoms with E-state index in [2.05, 4.69) is 29.4 Å². The van der Waals surface area contributed by atoms with Crippen LogP contribution in [0.4, 0.5) is 5.69 Å². The van der Waals surface area contributed by atoms with E-state index in [4.69, 9.17) is 5.73 Å². The van der Waals surface area contributed by atoms with Crippen LogP contribution in [0.15, 0.2) is 0 Å². The fourth-order valence-corrected chi connectivity index (χ4v) is 2.35. The van der Waals surface area contributed by atoms with Gasteiger partial charge in [-0.3, -0.25) is 9.89 Å². The predicted octanol–water partition coefficient (Wildman–Crippen LogP) is 1.86. The molecule has 5 heteroatoms. The Labute approximate surface area is 108 Å². The average Bonchev–Trinajstić information content (AvgIpc) is 2.95. The number of nitrogen functional groups attached to an aromatic ring is 1. The summed E-state index contributed by atoms with van der Waals surface area (Å²) < 4.78 is 0. The molecule has 1 aliphatic rings. The first-order valence-corrected chi connectivity index (χ1v) is 6.80. The number of H-pyrrole nitrogens is 1. The molecular formula is C13H22N4O. The average molecular weight is 250 g/mol. The van der Waals surface area contributed by atoms with Gasteiger partial charge in [0.15, 0.2) is 5.69 Å². The van der Waals surface area contributed by atoms with Gasteiger partial charge in [0.1, 0.15) is 0 Å². The van der Waals surface area contributed by atoms with Crippen LogP contribution in [0.2, 0.25) is 0 Å². The molecule has 18 heavy (non-hydrogen) atoms. The number of hydrogen-bond acceptors (Lipinski definition) is 3. The summed E-state index contributed by atoms with van der Waals surface area (Å²) in [7, 11) is 0. The van der Waals surface area contributed by atoms with Crippen molar-refractivity contribution in [2.45, 2.75) is 52.0 Å². The van der Waals surface area contributed by atoms with Crippen LogP contribution in [0.5, 0.6) is 0 Å². The maximum atomic E-state index is 12.0. The first kappa shape index (κ1) is 12.9. The summed E-state index contributed by atoms with van der Waals surface area (Å²) >= 11 is 0. The molecule has 4 N–H and O–H groups in total. The lowest BCUT2D eigenvalue weighted by Gasteiger charge is -2.03. The third-order valence-corrected chi connectivity index (χ3v) is 3.50. The fraction of sp³-hybridized carbons (Fsp3) is 0.692. The SMILES string of the molecule is CCCc1[nH]nc(C(=O)NC2CC2CCC)c1N. The summed E-state index contributed by atoms with van der Waals surface area (Å²) in [4.78, 5) is 12.0. The van der Waals surface area contributed by atoms with Gasteiger partial charge in [0, 0.05) is 6.04 Å². The maximum absolute atomic E-state index is 12.0. The number of rotatable bonds is 6. The Hall–Kier alpha value is -1.52. The molecule has 1 aromatic rings. The molecule has 1 amide bonds. The minimum Gasteiger partial charge on any atom is -0.395 e. The summed E-state index contributed by atoms with van der Waals surface area (Å²) in [6, 6.07) is 0.322. The van der Waals surface area contributed by atoms with Gasteiger partial charge in [-0.05, 0) is 25.2 Å². The van der Waals surface area contributed by atoms with Crippen molar-refractivity contribution in [3.63, 3.8) is 0 Å². The number of hydrogen-bond donors (Lipinski definition) is 3. The number of carbonyl (C=O) groups excluding carboxylic acids is 1. The lowest BCUT2D eigenvalue weighted by molar-refractivity contribution is 0.0944. The highest BCUT2D eigenvalue weighted by atomic mass is 16.2. The van der Waals surface area contributed by atoms with Crippen molar-refractivity contribution in [3.8, 4) is 0 Å².